The second kappa shape index (κ2) is 40.9. The molecule has 1 rings (SSSR count). The van der Waals surface area contributed by atoms with Crippen LogP contribution >= 0.6 is 0 Å². The van der Waals surface area contributed by atoms with Gasteiger partial charge in [0.25, 0.3) is 5.91 Å². The number of carbonyl (C=O) groups is 2. The Kier molecular flexibility index (Phi) is 38.1. The summed E-state index contributed by atoms with van der Waals surface area (Å²) in [7, 11) is 0. The van der Waals surface area contributed by atoms with Gasteiger partial charge in [0.15, 0.2) is 6.29 Å². The Labute approximate surface area is 380 Å². The van der Waals surface area contributed by atoms with Gasteiger partial charge in [0, 0.05) is 88.5 Å². The molecule has 0 aromatic heterocycles. The first-order valence-corrected chi connectivity index (χ1v) is 16.7. The first kappa shape index (κ1) is 55.0. The summed E-state index contributed by atoms with van der Waals surface area (Å²) in [6, 6.07) is -0.730. The summed E-state index contributed by atoms with van der Waals surface area (Å²) in [5.74, 6) is 59.3. The number of ether oxygens (including phenoxy) is 3. The van der Waals surface area contributed by atoms with Crippen molar-refractivity contribution in [3.63, 3.8) is 0 Å². The van der Waals surface area contributed by atoms with Crippen molar-refractivity contribution >= 4 is 30.3 Å². The molecule has 1 aliphatic heterocycles. The molecule has 7 atom stereocenters. The second-order valence-electron chi connectivity index (χ2n) is 10.6. The lowest BCUT2D eigenvalue weighted by Crippen LogP contribution is -2.51. The van der Waals surface area contributed by atoms with Gasteiger partial charge < -0.3 is 24.6 Å². The molecular weight excluding hydrogens is 759 g/mol. The standard InChI is InChI=1S/C43H35NO6.3CO2.24H2/c1-7-9-10-11-12-13-14-15-16-17-18-19-20-21-22-23-24-25-26-27-28-29-30-32-42(47)44-39(40(46)31-8-2)33-49-43-37(5)35(3)36(4)41(50-43)34-48-38(6)45;3*2-1-3;;;;;;;;;;;;;;;;;;;;;;;;/h35-37,39-41,43,46H,8,31,33-34H2,1-6H3,(H,44,47);;;;24*1H/t35-,36+,37?,39-,40+,41?,43-;;;;;;;;;;;;;;;;;;;;;;;;;;;/m0.........................../s1. The van der Waals surface area contributed by atoms with Crippen molar-refractivity contribution in [2.75, 3.05) is 13.2 Å². The van der Waals surface area contributed by atoms with Crippen LogP contribution in [0, 0.1) is 160 Å². The van der Waals surface area contributed by atoms with E-state index in [9.17, 15) is 14.7 Å². The van der Waals surface area contributed by atoms with E-state index < -0.39 is 24.3 Å². The third kappa shape index (κ3) is 33.9. The van der Waals surface area contributed by atoms with Gasteiger partial charge in [-0.05, 0) is 120 Å². The highest BCUT2D eigenvalue weighted by Crippen LogP contribution is 2.35. The Bertz CT molecular complexity index is 2350. The summed E-state index contributed by atoms with van der Waals surface area (Å²) in [6.45, 7) is 11.2. The van der Waals surface area contributed by atoms with Crippen LogP contribution in [-0.2, 0) is 52.6 Å². The van der Waals surface area contributed by atoms with E-state index in [1.807, 2.05) is 20.8 Å². The number of hydrogen-bond acceptors (Lipinski definition) is 12. The normalized spacial score (nSPS) is 15.7. The topological polar surface area (TPSA) is 197 Å². The monoisotopic (exact) mass is 842 g/mol. The highest BCUT2D eigenvalue weighted by molar-refractivity contribution is 5.94. The average molecular weight is 842 g/mol. The van der Waals surface area contributed by atoms with E-state index in [0.29, 0.717) is 12.8 Å². The Morgan fingerprint density at radius 2 is 1.02 bits per heavy atom. The highest BCUT2D eigenvalue weighted by Gasteiger charge is 2.40. The summed E-state index contributed by atoms with van der Waals surface area (Å²) in [5.41, 5.74) is 0. The number of hydrogen-bond donors (Lipinski definition) is 2. The largest absolute Gasteiger partial charge is 0.463 e. The number of nitrogens with one attached hydrogen (secondary N) is 1. The van der Waals surface area contributed by atoms with E-state index in [2.05, 4.69) is 154 Å². The van der Waals surface area contributed by atoms with E-state index in [-0.39, 0.29) is 95.7 Å². The van der Waals surface area contributed by atoms with E-state index in [4.69, 9.17) is 43.0 Å². The molecule has 1 aliphatic rings. The molecule has 13 heteroatoms. The number of carbonyl (C=O) groups excluding carboxylic acids is 8. The average Bonchev–Trinajstić information content (AvgIpc) is 3.20. The van der Waals surface area contributed by atoms with Crippen molar-refractivity contribution < 1.29 is 91.9 Å². The quantitative estimate of drug-likeness (QED) is 0.202. The minimum Gasteiger partial charge on any atom is -0.463 e. The van der Waals surface area contributed by atoms with Gasteiger partial charge in [-0.1, -0.05) is 40.0 Å². The zero-order valence-electron chi connectivity index (χ0n) is 32.8. The van der Waals surface area contributed by atoms with Gasteiger partial charge in [-0.25, -0.2) is 0 Å². The van der Waals surface area contributed by atoms with Crippen molar-refractivity contribution in [3.8, 4) is 142 Å². The van der Waals surface area contributed by atoms with Crippen molar-refractivity contribution in [1.29, 1.82) is 0 Å². The minimum absolute atomic E-state index is 0. The molecule has 344 valence electrons. The molecule has 1 fully saturated rings. The van der Waals surface area contributed by atoms with Crippen LogP contribution in [0.3, 0.4) is 0 Å². The van der Waals surface area contributed by atoms with Crippen LogP contribution in [0.4, 0.5) is 0 Å². The molecule has 2 unspecified atom stereocenters. The van der Waals surface area contributed by atoms with Gasteiger partial charge in [0.2, 0.25) is 0 Å². The molecule has 0 saturated carbocycles. The summed E-state index contributed by atoms with van der Waals surface area (Å²) < 4.78 is 17.3. The number of aliphatic hydroxyl groups is 1. The van der Waals surface area contributed by atoms with Gasteiger partial charge in [-0.2, -0.15) is 28.8 Å². The predicted molar refractivity (Wildman–Crippen MR) is 256 cm³/mol. The number of esters is 1. The number of amides is 1. The van der Waals surface area contributed by atoms with Crippen LogP contribution in [0.25, 0.3) is 0 Å². The van der Waals surface area contributed by atoms with E-state index in [1.54, 1.807) is 6.92 Å². The number of rotatable bonds is 9. The molecule has 2 N–H and O–H groups in total. The van der Waals surface area contributed by atoms with Crippen LogP contribution in [0.2, 0.25) is 0 Å². The fraction of sp³-hybridized carbons (Fsp3) is 0.370. The molecule has 0 aromatic carbocycles. The third-order valence-electron chi connectivity index (χ3n) is 6.85. The lowest BCUT2D eigenvalue weighted by molar-refractivity contribution is -0.258. The molecule has 1 heterocycles. The lowest BCUT2D eigenvalue weighted by atomic mass is 9.79. The molecule has 0 aromatic rings. The summed E-state index contributed by atoms with van der Waals surface area (Å²) in [5, 5.41) is 13.4. The van der Waals surface area contributed by atoms with E-state index >= 15 is 0 Å². The van der Waals surface area contributed by atoms with Crippen LogP contribution in [0.5, 0.6) is 0 Å². The number of aliphatic hydroxyl groups excluding tert-OH is 1. The van der Waals surface area contributed by atoms with Crippen molar-refractivity contribution in [1.82, 2.24) is 5.32 Å². The molecule has 1 amide bonds. The molecule has 13 nitrogen and oxygen atoms in total. The van der Waals surface area contributed by atoms with Crippen molar-refractivity contribution in [3.05, 3.63) is 0 Å². The molecular formula is C46H83NO12. The first-order chi connectivity index (χ1) is 28.4. The SMILES string of the molecule is CC#CC#CC#CC#CC#CC#CC#CC#CC#CC#CC#CC#CC(=O)N[C@@H](CO[C@H]1OC(COC(C)=O)[C@H](C)[C@H](C)C1C)[C@H](O)CCC.O=C=O.O=C=O.O=C=O.[HH].[HH].[HH].[HH].[HH].[HH].[HH].[HH].[HH].[HH].[HH].[HH].[HH].[HH].[HH].[HH].[HH].[HH].[HH].[HH].[HH].[HH].[HH].[HH]. The molecule has 0 bridgehead atoms. The Hall–Kier alpha value is -8.32. The fourth-order valence-corrected chi connectivity index (χ4v) is 3.99. The Morgan fingerprint density at radius 3 is 1.37 bits per heavy atom. The Morgan fingerprint density at radius 1 is 0.644 bits per heavy atom. The zero-order chi connectivity index (χ0) is 44.9. The maximum Gasteiger partial charge on any atom is 0.373 e. The fourth-order valence-electron chi connectivity index (χ4n) is 3.99. The van der Waals surface area contributed by atoms with Gasteiger partial charge in [0.1, 0.15) is 6.61 Å². The summed E-state index contributed by atoms with van der Waals surface area (Å²) in [6.07, 6.45) is 0.0942. The zero-order valence-corrected chi connectivity index (χ0v) is 32.8. The van der Waals surface area contributed by atoms with Crippen LogP contribution in [0.15, 0.2) is 0 Å². The smallest absolute Gasteiger partial charge is 0.373 e. The minimum atomic E-state index is -0.862. The van der Waals surface area contributed by atoms with Crippen molar-refractivity contribution in [2.24, 2.45) is 17.8 Å². The van der Waals surface area contributed by atoms with Crippen molar-refractivity contribution in [2.45, 2.75) is 78.9 Å². The van der Waals surface area contributed by atoms with Crippen LogP contribution in [-0.4, -0.2) is 73.2 Å². The maximum absolute atomic E-state index is 12.5. The third-order valence-corrected chi connectivity index (χ3v) is 6.85. The van der Waals surface area contributed by atoms with Gasteiger partial charge >= 0.3 is 24.4 Å². The lowest BCUT2D eigenvalue weighted by Gasteiger charge is -2.43. The van der Waals surface area contributed by atoms with E-state index in [0.717, 1.165) is 0 Å². The molecule has 1 saturated heterocycles. The van der Waals surface area contributed by atoms with Gasteiger partial charge in [-0.15, -0.1) is 0 Å². The van der Waals surface area contributed by atoms with Gasteiger partial charge in [0.05, 0.1) is 24.9 Å². The molecule has 0 spiro atoms. The second-order valence-corrected chi connectivity index (χ2v) is 10.6. The van der Waals surface area contributed by atoms with Crippen LogP contribution in [0.1, 0.15) is 88.6 Å². The Balaban J connectivity index is -0.0000000356. The first-order valence-electron chi connectivity index (χ1n) is 16.7. The van der Waals surface area contributed by atoms with Gasteiger partial charge in [-0.3, -0.25) is 9.59 Å². The highest BCUT2D eigenvalue weighted by atomic mass is 16.7. The van der Waals surface area contributed by atoms with E-state index in [1.165, 1.54) is 6.92 Å². The van der Waals surface area contributed by atoms with Crippen LogP contribution < -0.4 is 5.32 Å². The molecule has 0 radical (unpaired) electrons. The molecule has 59 heavy (non-hydrogen) atoms. The molecule has 0 aliphatic carbocycles. The summed E-state index contributed by atoms with van der Waals surface area (Å²) >= 11 is 0. The summed E-state index contributed by atoms with van der Waals surface area (Å²) in [4.78, 5) is 72.5. The predicted octanol–water partition coefficient (Wildman–Crippen LogP) is 6.06. The maximum atomic E-state index is 12.5.